The summed E-state index contributed by atoms with van der Waals surface area (Å²) in [5.74, 6) is 0.00601. The molecule has 2 aromatic rings. The van der Waals surface area contributed by atoms with E-state index >= 15 is 0 Å². The Morgan fingerprint density at radius 3 is 2.48 bits per heavy atom. The van der Waals surface area contributed by atoms with Crippen LogP contribution in [0.4, 0.5) is 5.69 Å². The van der Waals surface area contributed by atoms with Crippen molar-refractivity contribution in [1.29, 1.82) is 0 Å². The zero-order chi connectivity index (χ0) is 16.8. The monoisotopic (exact) mass is 310 g/mol. The van der Waals surface area contributed by atoms with Crippen molar-refractivity contribution in [2.24, 2.45) is 0 Å². The first kappa shape index (κ1) is 17.1. The van der Waals surface area contributed by atoms with Crippen molar-refractivity contribution in [2.45, 2.75) is 27.7 Å². The van der Waals surface area contributed by atoms with Crippen LogP contribution in [0.1, 0.15) is 34.0 Å². The van der Waals surface area contributed by atoms with E-state index in [4.69, 9.17) is 0 Å². The number of benzene rings is 2. The molecular weight excluding hydrogens is 284 g/mol. The van der Waals surface area contributed by atoms with Gasteiger partial charge in [-0.2, -0.15) is 0 Å². The van der Waals surface area contributed by atoms with Gasteiger partial charge in [-0.25, -0.2) is 0 Å². The maximum Gasteiger partial charge on any atom is 0.251 e. The molecule has 0 fully saturated rings. The molecule has 0 aliphatic heterocycles. The second-order valence-electron chi connectivity index (χ2n) is 5.99. The fraction of sp³-hybridized carbons (Fsp3) is 0.350. The van der Waals surface area contributed by atoms with Gasteiger partial charge in [-0.1, -0.05) is 29.8 Å². The molecule has 0 saturated carbocycles. The Morgan fingerprint density at radius 2 is 1.78 bits per heavy atom. The van der Waals surface area contributed by atoms with Gasteiger partial charge in [0.15, 0.2) is 0 Å². The van der Waals surface area contributed by atoms with Crippen molar-refractivity contribution in [3.8, 4) is 0 Å². The molecule has 122 valence electrons. The first-order valence-electron chi connectivity index (χ1n) is 8.18. The molecule has 1 amide bonds. The van der Waals surface area contributed by atoms with Crippen LogP contribution >= 0.6 is 0 Å². The molecule has 2 rings (SSSR count). The van der Waals surface area contributed by atoms with Gasteiger partial charge in [-0.15, -0.1) is 0 Å². The summed E-state index contributed by atoms with van der Waals surface area (Å²) in [5.41, 5.74) is 5.34. The van der Waals surface area contributed by atoms with Crippen LogP contribution in [-0.2, 0) is 0 Å². The summed E-state index contributed by atoms with van der Waals surface area (Å²) in [6.07, 6.45) is 0. The Bertz CT molecular complexity index is 679. The lowest BCUT2D eigenvalue weighted by Gasteiger charge is -2.23. The SMILES string of the molecule is CCN(CCNC(=O)c1cc(C)ccc1C)c1cccc(C)c1. The number of hydrogen-bond acceptors (Lipinski definition) is 2. The van der Waals surface area contributed by atoms with Crippen molar-refractivity contribution in [3.63, 3.8) is 0 Å². The molecule has 0 aliphatic rings. The van der Waals surface area contributed by atoms with E-state index < -0.39 is 0 Å². The maximum absolute atomic E-state index is 12.3. The topological polar surface area (TPSA) is 32.3 Å². The number of amides is 1. The highest BCUT2D eigenvalue weighted by Crippen LogP contribution is 2.15. The molecule has 3 heteroatoms. The molecule has 0 aromatic heterocycles. The minimum atomic E-state index is 0.00601. The highest BCUT2D eigenvalue weighted by molar-refractivity contribution is 5.95. The summed E-state index contributed by atoms with van der Waals surface area (Å²) in [5, 5.41) is 3.04. The van der Waals surface area contributed by atoms with E-state index in [0.29, 0.717) is 6.54 Å². The predicted molar refractivity (Wildman–Crippen MR) is 97.3 cm³/mol. The fourth-order valence-electron chi connectivity index (χ4n) is 2.67. The second-order valence-corrected chi connectivity index (χ2v) is 5.99. The lowest BCUT2D eigenvalue weighted by atomic mass is 10.1. The van der Waals surface area contributed by atoms with Gasteiger partial charge in [-0.05, 0) is 57.0 Å². The van der Waals surface area contributed by atoms with Gasteiger partial charge in [0.05, 0.1) is 0 Å². The zero-order valence-corrected chi connectivity index (χ0v) is 14.5. The fourth-order valence-corrected chi connectivity index (χ4v) is 2.67. The smallest absolute Gasteiger partial charge is 0.251 e. The Balaban J connectivity index is 1.95. The highest BCUT2D eigenvalue weighted by Gasteiger charge is 2.10. The van der Waals surface area contributed by atoms with E-state index in [1.54, 1.807) is 0 Å². The average Bonchev–Trinajstić information content (AvgIpc) is 2.53. The quantitative estimate of drug-likeness (QED) is 0.878. The number of likely N-dealkylation sites (N-methyl/N-ethyl adjacent to an activating group) is 1. The van der Waals surface area contributed by atoms with E-state index in [1.807, 2.05) is 32.0 Å². The summed E-state index contributed by atoms with van der Waals surface area (Å²) in [6, 6.07) is 14.4. The van der Waals surface area contributed by atoms with E-state index in [1.165, 1.54) is 11.3 Å². The Morgan fingerprint density at radius 1 is 1.04 bits per heavy atom. The number of nitrogens with one attached hydrogen (secondary N) is 1. The van der Waals surface area contributed by atoms with Gasteiger partial charge in [0.25, 0.3) is 5.91 Å². The summed E-state index contributed by atoms with van der Waals surface area (Å²) >= 11 is 0. The molecule has 0 radical (unpaired) electrons. The summed E-state index contributed by atoms with van der Waals surface area (Å²) in [6.45, 7) is 10.6. The summed E-state index contributed by atoms with van der Waals surface area (Å²) in [7, 11) is 0. The molecule has 0 saturated heterocycles. The van der Waals surface area contributed by atoms with Gasteiger partial charge in [0, 0.05) is 30.9 Å². The van der Waals surface area contributed by atoms with Crippen LogP contribution in [0.5, 0.6) is 0 Å². The Labute approximate surface area is 139 Å². The van der Waals surface area contributed by atoms with Crippen LogP contribution in [0.15, 0.2) is 42.5 Å². The van der Waals surface area contributed by atoms with Gasteiger partial charge in [-0.3, -0.25) is 4.79 Å². The molecule has 0 heterocycles. The second kappa shape index (κ2) is 7.82. The first-order chi connectivity index (χ1) is 11.0. The number of hydrogen-bond donors (Lipinski definition) is 1. The number of rotatable bonds is 6. The van der Waals surface area contributed by atoms with Crippen molar-refractivity contribution in [1.82, 2.24) is 5.32 Å². The zero-order valence-electron chi connectivity index (χ0n) is 14.5. The van der Waals surface area contributed by atoms with E-state index in [9.17, 15) is 4.79 Å². The van der Waals surface area contributed by atoms with Gasteiger partial charge < -0.3 is 10.2 Å². The van der Waals surface area contributed by atoms with Crippen LogP contribution in [-0.4, -0.2) is 25.5 Å². The van der Waals surface area contributed by atoms with E-state index in [0.717, 1.165) is 29.8 Å². The Kier molecular flexibility index (Phi) is 5.80. The largest absolute Gasteiger partial charge is 0.370 e. The maximum atomic E-state index is 12.3. The lowest BCUT2D eigenvalue weighted by Crippen LogP contribution is -2.35. The predicted octanol–water partition coefficient (Wildman–Crippen LogP) is 3.87. The molecular formula is C20H26N2O. The molecule has 3 nitrogen and oxygen atoms in total. The van der Waals surface area contributed by atoms with Crippen LogP contribution in [0.3, 0.4) is 0 Å². The third kappa shape index (κ3) is 4.59. The minimum absolute atomic E-state index is 0.00601. The van der Waals surface area contributed by atoms with Gasteiger partial charge >= 0.3 is 0 Å². The third-order valence-electron chi connectivity index (χ3n) is 4.05. The van der Waals surface area contributed by atoms with Crippen LogP contribution in [0, 0.1) is 20.8 Å². The molecule has 23 heavy (non-hydrogen) atoms. The van der Waals surface area contributed by atoms with Crippen LogP contribution < -0.4 is 10.2 Å². The molecule has 0 bridgehead atoms. The number of nitrogens with zero attached hydrogens (tertiary/aromatic N) is 1. The van der Waals surface area contributed by atoms with Crippen molar-refractivity contribution >= 4 is 11.6 Å². The van der Waals surface area contributed by atoms with Crippen LogP contribution in [0.25, 0.3) is 0 Å². The average molecular weight is 310 g/mol. The molecule has 0 aliphatic carbocycles. The van der Waals surface area contributed by atoms with E-state index in [-0.39, 0.29) is 5.91 Å². The standard InChI is InChI=1S/C20H26N2O/c1-5-22(18-8-6-7-15(2)13-18)12-11-21-20(23)19-14-16(3)9-10-17(19)4/h6-10,13-14H,5,11-12H2,1-4H3,(H,21,23). The number of aryl methyl sites for hydroxylation is 3. The van der Waals surface area contributed by atoms with Crippen molar-refractivity contribution in [3.05, 3.63) is 64.7 Å². The third-order valence-corrected chi connectivity index (χ3v) is 4.05. The highest BCUT2D eigenvalue weighted by atomic mass is 16.1. The number of carbonyl (C=O) groups excluding carboxylic acids is 1. The van der Waals surface area contributed by atoms with Gasteiger partial charge in [0.1, 0.15) is 0 Å². The molecule has 0 spiro atoms. The lowest BCUT2D eigenvalue weighted by molar-refractivity contribution is 0.0954. The van der Waals surface area contributed by atoms with Crippen molar-refractivity contribution in [2.75, 3.05) is 24.5 Å². The molecule has 2 aromatic carbocycles. The molecule has 1 N–H and O–H groups in total. The summed E-state index contributed by atoms with van der Waals surface area (Å²) in [4.78, 5) is 14.6. The number of anilines is 1. The minimum Gasteiger partial charge on any atom is -0.370 e. The van der Waals surface area contributed by atoms with Gasteiger partial charge in [0.2, 0.25) is 0 Å². The normalized spacial score (nSPS) is 10.4. The number of carbonyl (C=O) groups is 1. The van der Waals surface area contributed by atoms with Crippen LogP contribution in [0.2, 0.25) is 0 Å². The van der Waals surface area contributed by atoms with E-state index in [2.05, 4.69) is 48.3 Å². The summed E-state index contributed by atoms with van der Waals surface area (Å²) < 4.78 is 0. The molecule has 0 unspecified atom stereocenters. The van der Waals surface area contributed by atoms with Crippen molar-refractivity contribution < 1.29 is 4.79 Å². The molecule has 0 atom stereocenters. The first-order valence-corrected chi connectivity index (χ1v) is 8.18. The Hall–Kier alpha value is -2.29.